The highest BCUT2D eigenvalue weighted by Crippen LogP contribution is 2.16. The van der Waals surface area contributed by atoms with E-state index in [2.05, 4.69) is 11.9 Å². The summed E-state index contributed by atoms with van der Waals surface area (Å²) in [6.07, 6.45) is 5.58. The van der Waals surface area contributed by atoms with Crippen LogP contribution in [0.3, 0.4) is 0 Å². The van der Waals surface area contributed by atoms with Gasteiger partial charge in [0.25, 0.3) is 0 Å². The van der Waals surface area contributed by atoms with Crippen LogP contribution in [0.25, 0.3) is 0 Å². The fraction of sp³-hybridized carbons (Fsp3) is 0.333. The van der Waals surface area contributed by atoms with Gasteiger partial charge in [-0.25, -0.2) is 4.98 Å². The highest BCUT2D eigenvalue weighted by atomic mass is 16.1. The molecule has 0 fully saturated rings. The smallest absolute Gasteiger partial charge is 0.185 e. The highest BCUT2D eigenvalue weighted by molar-refractivity contribution is 5.98. The first-order valence-electron chi connectivity index (χ1n) is 6.35. The standard InChI is InChI=1S/C15H18N2O/c1-3-7-14-16-10-11-17(14)12(2)15(18)13-8-5-4-6-9-13/h4-6,8-12H,3,7H2,1-2H3. The number of carbonyl (C=O) groups is 1. The van der Waals surface area contributed by atoms with E-state index >= 15 is 0 Å². The molecule has 0 aliphatic carbocycles. The van der Waals surface area contributed by atoms with Gasteiger partial charge in [-0.2, -0.15) is 0 Å². The summed E-state index contributed by atoms with van der Waals surface area (Å²) in [4.78, 5) is 16.7. The van der Waals surface area contributed by atoms with Gasteiger partial charge < -0.3 is 4.57 Å². The maximum Gasteiger partial charge on any atom is 0.185 e. The number of nitrogens with zero attached hydrogens (tertiary/aromatic N) is 2. The Balaban J connectivity index is 2.23. The molecule has 2 aromatic rings. The third-order valence-electron chi connectivity index (χ3n) is 3.08. The van der Waals surface area contributed by atoms with Crippen LogP contribution in [0, 0.1) is 0 Å². The van der Waals surface area contributed by atoms with Crippen molar-refractivity contribution in [1.29, 1.82) is 0 Å². The van der Waals surface area contributed by atoms with E-state index in [-0.39, 0.29) is 11.8 Å². The van der Waals surface area contributed by atoms with Crippen LogP contribution in [-0.4, -0.2) is 15.3 Å². The molecule has 0 aliphatic rings. The summed E-state index contributed by atoms with van der Waals surface area (Å²) in [5.74, 6) is 1.11. The zero-order valence-corrected chi connectivity index (χ0v) is 10.8. The highest BCUT2D eigenvalue weighted by Gasteiger charge is 2.18. The second-order valence-electron chi connectivity index (χ2n) is 4.41. The number of aromatic nitrogens is 2. The van der Waals surface area contributed by atoms with Gasteiger partial charge in [0.2, 0.25) is 0 Å². The van der Waals surface area contributed by atoms with Crippen LogP contribution in [0.5, 0.6) is 0 Å². The van der Waals surface area contributed by atoms with Gasteiger partial charge in [-0.1, -0.05) is 37.3 Å². The Morgan fingerprint density at radius 3 is 2.72 bits per heavy atom. The van der Waals surface area contributed by atoms with Crippen LogP contribution >= 0.6 is 0 Å². The maximum atomic E-state index is 12.4. The molecule has 1 atom stereocenters. The van der Waals surface area contributed by atoms with Gasteiger partial charge in [0.1, 0.15) is 5.82 Å². The van der Waals surface area contributed by atoms with E-state index in [9.17, 15) is 4.79 Å². The Kier molecular flexibility index (Phi) is 3.92. The number of aryl methyl sites for hydroxylation is 1. The summed E-state index contributed by atoms with van der Waals surface area (Å²) < 4.78 is 1.97. The molecule has 3 heteroatoms. The fourth-order valence-electron chi connectivity index (χ4n) is 2.08. The van der Waals surface area contributed by atoms with Gasteiger partial charge in [-0.3, -0.25) is 4.79 Å². The Morgan fingerprint density at radius 1 is 1.33 bits per heavy atom. The predicted octanol–water partition coefficient (Wildman–Crippen LogP) is 3.28. The number of imidazole rings is 1. The number of benzene rings is 1. The van der Waals surface area contributed by atoms with Gasteiger partial charge in [-0.15, -0.1) is 0 Å². The van der Waals surface area contributed by atoms with Crippen LogP contribution in [-0.2, 0) is 6.42 Å². The SMILES string of the molecule is CCCc1nccn1C(C)C(=O)c1ccccc1. The monoisotopic (exact) mass is 242 g/mol. The first-order chi connectivity index (χ1) is 8.74. The van der Waals surface area contributed by atoms with Gasteiger partial charge in [0, 0.05) is 24.4 Å². The van der Waals surface area contributed by atoms with Crippen LogP contribution in [0.15, 0.2) is 42.7 Å². The average molecular weight is 242 g/mol. The first kappa shape index (κ1) is 12.6. The van der Waals surface area contributed by atoms with Crippen molar-refractivity contribution < 1.29 is 4.79 Å². The molecular weight excluding hydrogens is 224 g/mol. The van der Waals surface area contributed by atoms with Crippen molar-refractivity contribution in [2.45, 2.75) is 32.7 Å². The molecule has 3 nitrogen and oxygen atoms in total. The van der Waals surface area contributed by atoms with Gasteiger partial charge >= 0.3 is 0 Å². The van der Waals surface area contributed by atoms with Crippen molar-refractivity contribution in [3.8, 4) is 0 Å². The van der Waals surface area contributed by atoms with Gasteiger partial charge in [0.15, 0.2) is 5.78 Å². The van der Waals surface area contributed by atoms with Crippen LogP contribution in [0.1, 0.15) is 42.5 Å². The lowest BCUT2D eigenvalue weighted by molar-refractivity contribution is 0.0933. The van der Waals surface area contributed by atoms with E-state index in [1.54, 1.807) is 6.20 Å². The van der Waals surface area contributed by atoms with E-state index < -0.39 is 0 Å². The molecule has 0 saturated carbocycles. The quantitative estimate of drug-likeness (QED) is 0.754. The molecule has 1 aromatic heterocycles. The molecule has 1 aromatic carbocycles. The molecule has 1 heterocycles. The zero-order chi connectivity index (χ0) is 13.0. The van der Waals surface area contributed by atoms with E-state index in [0.717, 1.165) is 24.2 Å². The summed E-state index contributed by atoms with van der Waals surface area (Å²) in [7, 11) is 0. The fourth-order valence-corrected chi connectivity index (χ4v) is 2.08. The van der Waals surface area contributed by atoms with Crippen LogP contribution in [0.4, 0.5) is 0 Å². The summed E-state index contributed by atoms with van der Waals surface area (Å²) in [5, 5.41) is 0. The lowest BCUT2D eigenvalue weighted by Gasteiger charge is -2.15. The molecule has 2 rings (SSSR count). The molecule has 0 aliphatic heterocycles. The van der Waals surface area contributed by atoms with E-state index in [0.29, 0.717) is 0 Å². The first-order valence-corrected chi connectivity index (χ1v) is 6.35. The topological polar surface area (TPSA) is 34.9 Å². The molecule has 0 N–H and O–H groups in total. The lowest BCUT2D eigenvalue weighted by Crippen LogP contribution is -2.18. The number of rotatable bonds is 5. The molecular formula is C15H18N2O. The molecule has 0 bridgehead atoms. The molecule has 94 valence electrons. The Labute approximate surface area is 107 Å². The van der Waals surface area contributed by atoms with Crippen molar-refractivity contribution in [3.05, 3.63) is 54.1 Å². The number of ketones is 1. The number of Topliss-reactive ketones (excluding diaryl/α,β-unsaturated/α-hetero) is 1. The number of carbonyl (C=O) groups excluding carboxylic acids is 1. The van der Waals surface area contributed by atoms with Crippen molar-refractivity contribution >= 4 is 5.78 Å². The van der Waals surface area contributed by atoms with Crippen LogP contribution < -0.4 is 0 Å². The van der Waals surface area contributed by atoms with Gasteiger partial charge in [-0.05, 0) is 13.3 Å². The number of hydrogen-bond acceptors (Lipinski definition) is 2. The molecule has 1 unspecified atom stereocenters. The van der Waals surface area contributed by atoms with Gasteiger partial charge in [0.05, 0.1) is 6.04 Å². The second-order valence-corrected chi connectivity index (χ2v) is 4.41. The summed E-state index contributed by atoms with van der Waals surface area (Å²) in [6.45, 7) is 4.04. The normalized spacial score (nSPS) is 12.3. The number of hydrogen-bond donors (Lipinski definition) is 0. The molecule has 0 amide bonds. The molecule has 0 radical (unpaired) electrons. The average Bonchev–Trinajstić information content (AvgIpc) is 2.87. The maximum absolute atomic E-state index is 12.4. The molecule has 18 heavy (non-hydrogen) atoms. The Morgan fingerprint density at radius 2 is 2.06 bits per heavy atom. The predicted molar refractivity (Wildman–Crippen MR) is 71.7 cm³/mol. The van der Waals surface area contributed by atoms with E-state index in [4.69, 9.17) is 0 Å². The summed E-state index contributed by atoms with van der Waals surface area (Å²) in [6, 6.07) is 9.21. The third kappa shape index (κ3) is 2.50. The van der Waals surface area contributed by atoms with Crippen LogP contribution in [0.2, 0.25) is 0 Å². The molecule has 0 saturated heterocycles. The van der Waals surface area contributed by atoms with Crippen molar-refractivity contribution in [3.63, 3.8) is 0 Å². The van der Waals surface area contributed by atoms with Crippen molar-refractivity contribution in [1.82, 2.24) is 9.55 Å². The minimum atomic E-state index is -0.198. The largest absolute Gasteiger partial charge is 0.324 e. The zero-order valence-electron chi connectivity index (χ0n) is 10.8. The van der Waals surface area contributed by atoms with E-state index in [1.807, 2.05) is 48.0 Å². The Hall–Kier alpha value is -1.90. The summed E-state index contributed by atoms with van der Waals surface area (Å²) >= 11 is 0. The third-order valence-corrected chi connectivity index (χ3v) is 3.08. The summed E-state index contributed by atoms with van der Waals surface area (Å²) in [5.41, 5.74) is 0.751. The second kappa shape index (κ2) is 5.63. The lowest BCUT2D eigenvalue weighted by atomic mass is 10.1. The Bertz CT molecular complexity index is 516. The van der Waals surface area contributed by atoms with E-state index in [1.165, 1.54) is 0 Å². The minimum Gasteiger partial charge on any atom is -0.324 e. The minimum absolute atomic E-state index is 0.131. The van der Waals surface area contributed by atoms with Crippen molar-refractivity contribution in [2.75, 3.05) is 0 Å². The molecule has 0 spiro atoms. The van der Waals surface area contributed by atoms with Crippen molar-refractivity contribution in [2.24, 2.45) is 0 Å².